The van der Waals surface area contributed by atoms with E-state index in [1.807, 2.05) is 12.1 Å². The van der Waals surface area contributed by atoms with Crippen LogP contribution in [0, 0.1) is 17.8 Å². The minimum atomic E-state index is -3.67. The number of hydrogen-bond acceptors (Lipinski definition) is 3. The Morgan fingerprint density at radius 3 is 2.48 bits per heavy atom. The lowest BCUT2D eigenvalue weighted by atomic mass is 9.63. The summed E-state index contributed by atoms with van der Waals surface area (Å²) in [4.78, 5) is 11.6. The van der Waals surface area contributed by atoms with Gasteiger partial charge in [-0.15, -0.1) is 0 Å². The molecule has 2 aliphatic carbocycles. The van der Waals surface area contributed by atoms with Crippen molar-refractivity contribution in [1.82, 2.24) is 4.72 Å². The van der Waals surface area contributed by atoms with Crippen LogP contribution in [0.3, 0.4) is 0 Å². The van der Waals surface area contributed by atoms with Crippen molar-refractivity contribution < 1.29 is 18.3 Å². The molecule has 126 valence electrons. The summed E-state index contributed by atoms with van der Waals surface area (Å²) < 4.78 is 27.8. The van der Waals surface area contributed by atoms with Crippen LogP contribution in [-0.4, -0.2) is 25.5 Å². The molecule has 0 amide bonds. The smallest absolute Gasteiger partial charge is 0.308 e. The highest BCUT2D eigenvalue weighted by atomic mass is 32.2. The number of carbonyl (C=O) groups is 1. The Kier molecular flexibility index (Phi) is 4.47. The van der Waals surface area contributed by atoms with Gasteiger partial charge in [-0.3, -0.25) is 4.79 Å². The number of sulfonamides is 1. The van der Waals surface area contributed by atoms with Crippen LogP contribution < -0.4 is 4.72 Å². The molecule has 5 nitrogen and oxygen atoms in total. The molecular weight excluding hydrogens is 314 g/mol. The second-order valence-electron chi connectivity index (χ2n) is 6.66. The highest BCUT2D eigenvalue weighted by Gasteiger charge is 2.56. The van der Waals surface area contributed by atoms with Crippen LogP contribution in [0.15, 0.2) is 29.2 Å². The Bertz CT molecular complexity index is 683. The molecule has 0 radical (unpaired) electrons. The van der Waals surface area contributed by atoms with Gasteiger partial charge in [-0.2, -0.15) is 0 Å². The molecule has 1 aromatic rings. The monoisotopic (exact) mass is 337 g/mol. The molecule has 0 unspecified atom stereocenters. The van der Waals surface area contributed by atoms with Gasteiger partial charge >= 0.3 is 5.97 Å². The van der Waals surface area contributed by atoms with Gasteiger partial charge in [0, 0.05) is 6.04 Å². The number of carboxylic acids is 1. The molecule has 0 heterocycles. The molecule has 0 saturated heterocycles. The van der Waals surface area contributed by atoms with Crippen molar-refractivity contribution in [2.24, 2.45) is 17.8 Å². The highest BCUT2D eigenvalue weighted by molar-refractivity contribution is 7.89. The molecule has 3 rings (SSSR count). The lowest BCUT2D eigenvalue weighted by Gasteiger charge is -2.46. The van der Waals surface area contributed by atoms with Gasteiger partial charge in [-0.05, 0) is 48.8 Å². The summed E-state index contributed by atoms with van der Waals surface area (Å²) in [6.45, 7) is 2.08. The minimum absolute atomic E-state index is 0.132. The number of carboxylic acid groups (broad SMARTS) is 1. The molecule has 23 heavy (non-hydrogen) atoms. The van der Waals surface area contributed by atoms with E-state index in [-0.39, 0.29) is 16.7 Å². The number of nitrogens with one attached hydrogen (secondary N) is 1. The summed E-state index contributed by atoms with van der Waals surface area (Å²) in [5, 5.41) is 9.38. The van der Waals surface area contributed by atoms with E-state index in [0.717, 1.165) is 37.7 Å². The quantitative estimate of drug-likeness (QED) is 0.835. The van der Waals surface area contributed by atoms with Gasteiger partial charge in [0.2, 0.25) is 10.0 Å². The van der Waals surface area contributed by atoms with Gasteiger partial charge in [-0.25, -0.2) is 13.1 Å². The van der Waals surface area contributed by atoms with Gasteiger partial charge in [-0.1, -0.05) is 31.9 Å². The Morgan fingerprint density at radius 2 is 1.87 bits per heavy atom. The largest absolute Gasteiger partial charge is 0.481 e. The highest BCUT2D eigenvalue weighted by Crippen LogP contribution is 2.51. The van der Waals surface area contributed by atoms with Crippen molar-refractivity contribution in [3.05, 3.63) is 29.8 Å². The average molecular weight is 337 g/mol. The lowest BCUT2D eigenvalue weighted by Crippen LogP contribution is -2.60. The van der Waals surface area contributed by atoms with Crippen molar-refractivity contribution in [1.29, 1.82) is 0 Å². The second-order valence-corrected chi connectivity index (χ2v) is 8.38. The number of fused-ring (bicyclic) bond motifs is 1. The Hall–Kier alpha value is -1.40. The standard InChI is InChI=1S/C17H23NO4S/c1-2-4-11-7-9-12(10-8-11)23(21,22)18-16-14-6-3-5-13(14)15(16)17(19)20/h7-10,13-16,18H,2-6H2,1H3,(H,19,20)/t13-,14+,15-,16-/m0/s1. The SMILES string of the molecule is CCCc1ccc(S(=O)(=O)N[C@H]2[C@@H]3CCC[C@@H]3[C@@H]2C(=O)O)cc1. The van der Waals surface area contributed by atoms with Gasteiger partial charge in [0.25, 0.3) is 0 Å². The van der Waals surface area contributed by atoms with Gasteiger partial charge in [0.15, 0.2) is 0 Å². The van der Waals surface area contributed by atoms with Crippen LogP contribution in [0.4, 0.5) is 0 Å². The summed E-state index contributed by atoms with van der Waals surface area (Å²) in [7, 11) is -3.67. The van der Waals surface area contributed by atoms with Crippen molar-refractivity contribution in [2.75, 3.05) is 0 Å². The Balaban J connectivity index is 1.76. The average Bonchev–Trinajstić information content (AvgIpc) is 2.89. The van der Waals surface area contributed by atoms with Crippen molar-refractivity contribution in [3.63, 3.8) is 0 Å². The van der Waals surface area contributed by atoms with E-state index in [2.05, 4.69) is 11.6 Å². The van der Waals surface area contributed by atoms with Crippen molar-refractivity contribution >= 4 is 16.0 Å². The van der Waals surface area contributed by atoms with E-state index in [1.54, 1.807) is 12.1 Å². The fourth-order valence-corrected chi connectivity index (χ4v) is 5.48. The summed E-state index contributed by atoms with van der Waals surface area (Å²) in [5.41, 5.74) is 1.11. The van der Waals surface area contributed by atoms with Crippen LogP contribution in [0.2, 0.25) is 0 Å². The molecule has 2 N–H and O–H groups in total. The van der Waals surface area contributed by atoms with Gasteiger partial charge in [0.1, 0.15) is 0 Å². The van der Waals surface area contributed by atoms with Gasteiger partial charge in [0.05, 0.1) is 10.8 Å². The minimum Gasteiger partial charge on any atom is -0.481 e. The van der Waals surface area contributed by atoms with E-state index in [1.165, 1.54) is 0 Å². The third-order valence-corrected chi connectivity index (χ3v) is 6.76. The first-order valence-corrected chi connectivity index (χ1v) is 9.76. The van der Waals surface area contributed by atoms with Crippen molar-refractivity contribution in [2.45, 2.75) is 50.0 Å². The van der Waals surface area contributed by atoms with Crippen molar-refractivity contribution in [3.8, 4) is 0 Å². The van der Waals surface area contributed by atoms with E-state index < -0.39 is 28.0 Å². The zero-order valence-electron chi connectivity index (χ0n) is 13.2. The number of hydrogen-bond donors (Lipinski definition) is 2. The molecule has 2 saturated carbocycles. The Morgan fingerprint density at radius 1 is 1.22 bits per heavy atom. The number of rotatable bonds is 6. The second kappa shape index (κ2) is 6.24. The van der Waals surface area contributed by atoms with Gasteiger partial charge < -0.3 is 5.11 Å². The maximum Gasteiger partial charge on any atom is 0.308 e. The third-order valence-electron chi connectivity index (χ3n) is 5.28. The third kappa shape index (κ3) is 3.02. The molecule has 4 atom stereocenters. The topological polar surface area (TPSA) is 83.5 Å². The first-order chi connectivity index (χ1) is 10.9. The fourth-order valence-electron chi connectivity index (χ4n) is 4.16. The molecule has 2 fully saturated rings. The van der Waals surface area contributed by atoms with E-state index in [4.69, 9.17) is 0 Å². The van der Waals surface area contributed by atoms with Crippen LogP contribution in [-0.2, 0) is 21.2 Å². The number of aliphatic carboxylic acids is 1. The van der Waals surface area contributed by atoms with Crippen LogP contribution >= 0.6 is 0 Å². The van der Waals surface area contributed by atoms with Crippen LogP contribution in [0.25, 0.3) is 0 Å². The first kappa shape index (κ1) is 16.5. The van der Waals surface area contributed by atoms with Crippen LogP contribution in [0.1, 0.15) is 38.2 Å². The van der Waals surface area contributed by atoms with Crippen LogP contribution in [0.5, 0.6) is 0 Å². The molecule has 1 aromatic carbocycles. The lowest BCUT2D eigenvalue weighted by molar-refractivity contribution is -0.152. The molecule has 0 spiro atoms. The number of aryl methyl sites for hydroxylation is 1. The summed E-state index contributed by atoms with van der Waals surface area (Å²) >= 11 is 0. The molecule has 0 aromatic heterocycles. The zero-order chi connectivity index (χ0) is 16.6. The maximum absolute atomic E-state index is 12.6. The first-order valence-electron chi connectivity index (χ1n) is 8.28. The summed E-state index contributed by atoms with van der Waals surface area (Å²) in [6, 6.07) is 6.39. The fraction of sp³-hybridized carbons (Fsp3) is 0.588. The number of benzene rings is 1. The van der Waals surface area contributed by atoms with E-state index >= 15 is 0 Å². The summed E-state index contributed by atoms with van der Waals surface area (Å²) in [5.74, 6) is -1.17. The molecule has 6 heteroatoms. The maximum atomic E-state index is 12.6. The molecule has 0 bridgehead atoms. The predicted octanol–water partition coefficient (Wildman–Crippen LogP) is 2.42. The normalized spacial score (nSPS) is 29.8. The summed E-state index contributed by atoms with van der Waals surface area (Å²) in [6.07, 6.45) is 4.72. The van der Waals surface area contributed by atoms with E-state index in [9.17, 15) is 18.3 Å². The Labute approximate surface area is 137 Å². The molecule has 2 aliphatic rings. The molecular formula is C17H23NO4S. The molecule has 0 aliphatic heterocycles. The van der Waals surface area contributed by atoms with E-state index in [0.29, 0.717) is 0 Å². The predicted molar refractivity (Wildman–Crippen MR) is 86.5 cm³/mol. The zero-order valence-corrected chi connectivity index (χ0v) is 14.1.